The SMILES string of the molecule is C[C@@H]1CCCCN1C(=O)CCOC[C@H]1CCCO1. The molecule has 0 spiro atoms. The van der Waals surface area contributed by atoms with Gasteiger partial charge in [0.1, 0.15) is 0 Å². The quantitative estimate of drug-likeness (QED) is 0.705. The Balaban J connectivity index is 1.58. The molecule has 0 aromatic rings. The van der Waals surface area contributed by atoms with Crippen molar-refractivity contribution in [2.45, 2.75) is 57.6 Å². The van der Waals surface area contributed by atoms with Gasteiger partial charge in [0.2, 0.25) is 5.91 Å². The number of piperidine rings is 1. The first-order chi connectivity index (χ1) is 8.77. The fourth-order valence-electron chi connectivity index (χ4n) is 2.76. The van der Waals surface area contributed by atoms with Crippen molar-refractivity contribution in [2.24, 2.45) is 0 Å². The second-order valence-electron chi connectivity index (χ2n) is 5.39. The van der Waals surface area contributed by atoms with Crippen molar-refractivity contribution in [3.05, 3.63) is 0 Å². The second kappa shape index (κ2) is 7.10. The highest BCUT2D eigenvalue weighted by Gasteiger charge is 2.22. The summed E-state index contributed by atoms with van der Waals surface area (Å²) in [6, 6.07) is 0.407. The van der Waals surface area contributed by atoms with E-state index >= 15 is 0 Å². The molecule has 104 valence electrons. The van der Waals surface area contributed by atoms with Crippen molar-refractivity contribution in [1.29, 1.82) is 0 Å². The van der Waals surface area contributed by atoms with Gasteiger partial charge in [-0.2, -0.15) is 0 Å². The standard InChI is InChI=1S/C14H25NO3/c1-12-5-2-3-8-15(12)14(16)7-10-17-11-13-6-4-9-18-13/h12-13H,2-11H2,1H3/t12-,13-/m1/s1. The van der Waals surface area contributed by atoms with E-state index < -0.39 is 0 Å². The molecular formula is C14H25NO3. The molecule has 2 fully saturated rings. The Morgan fingerprint density at radius 2 is 2.22 bits per heavy atom. The predicted octanol–water partition coefficient (Wildman–Crippen LogP) is 1.97. The first-order valence-corrected chi connectivity index (χ1v) is 7.26. The van der Waals surface area contributed by atoms with Crippen LogP contribution >= 0.6 is 0 Å². The Kier molecular flexibility index (Phi) is 5.45. The topological polar surface area (TPSA) is 38.8 Å². The van der Waals surface area contributed by atoms with E-state index in [0.29, 0.717) is 25.7 Å². The van der Waals surface area contributed by atoms with Gasteiger partial charge in [0.25, 0.3) is 0 Å². The first-order valence-electron chi connectivity index (χ1n) is 7.26. The highest BCUT2D eigenvalue weighted by Crippen LogP contribution is 2.17. The smallest absolute Gasteiger partial charge is 0.225 e. The van der Waals surface area contributed by atoms with E-state index in [0.717, 1.165) is 38.8 Å². The summed E-state index contributed by atoms with van der Waals surface area (Å²) >= 11 is 0. The Labute approximate surface area is 110 Å². The van der Waals surface area contributed by atoms with Crippen LogP contribution in [0.5, 0.6) is 0 Å². The number of nitrogens with zero attached hydrogens (tertiary/aromatic N) is 1. The molecule has 2 atom stereocenters. The van der Waals surface area contributed by atoms with E-state index in [1.165, 1.54) is 6.42 Å². The van der Waals surface area contributed by atoms with Gasteiger partial charge in [-0.25, -0.2) is 0 Å². The summed E-state index contributed by atoms with van der Waals surface area (Å²) in [6.45, 7) is 5.10. The molecule has 0 aromatic carbocycles. The number of likely N-dealkylation sites (tertiary alicyclic amines) is 1. The van der Waals surface area contributed by atoms with Crippen LogP contribution in [0.25, 0.3) is 0 Å². The van der Waals surface area contributed by atoms with E-state index in [2.05, 4.69) is 6.92 Å². The molecule has 0 unspecified atom stereocenters. The van der Waals surface area contributed by atoms with Gasteiger partial charge < -0.3 is 14.4 Å². The van der Waals surface area contributed by atoms with Crippen molar-refractivity contribution in [1.82, 2.24) is 4.90 Å². The molecule has 0 N–H and O–H groups in total. The summed E-state index contributed by atoms with van der Waals surface area (Å²) in [7, 11) is 0. The van der Waals surface area contributed by atoms with E-state index in [4.69, 9.17) is 9.47 Å². The van der Waals surface area contributed by atoms with E-state index in [-0.39, 0.29) is 12.0 Å². The van der Waals surface area contributed by atoms with Crippen LogP contribution in [-0.2, 0) is 14.3 Å². The monoisotopic (exact) mass is 255 g/mol. The number of carbonyl (C=O) groups is 1. The molecule has 2 aliphatic rings. The van der Waals surface area contributed by atoms with Gasteiger partial charge in [-0.3, -0.25) is 4.79 Å². The number of amides is 1. The van der Waals surface area contributed by atoms with Crippen molar-refractivity contribution < 1.29 is 14.3 Å². The minimum absolute atomic E-state index is 0.245. The Bertz CT molecular complexity index is 264. The molecule has 2 heterocycles. The van der Waals surface area contributed by atoms with Gasteiger partial charge in [-0.1, -0.05) is 0 Å². The first kappa shape index (κ1) is 13.8. The average Bonchev–Trinajstić information content (AvgIpc) is 2.88. The number of hydrogen-bond donors (Lipinski definition) is 0. The van der Waals surface area contributed by atoms with E-state index in [1.807, 2.05) is 4.90 Å². The van der Waals surface area contributed by atoms with Crippen LogP contribution in [-0.4, -0.2) is 49.3 Å². The zero-order chi connectivity index (χ0) is 12.8. The molecule has 2 rings (SSSR count). The lowest BCUT2D eigenvalue weighted by Crippen LogP contribution is -2.42. The molecule has 0 bridgehead atoms. The van der Waals surface area contributed by atoms with Crippen LogP contribution in [0.3, 0.4) is 0 Å². The molecule has 1 amide bonds. The molecule has 2 saturated heterocycles. The Morgan fingerprint density at radius 3 is 2.94 bits per heavy atom. The third kappa shape index (κ3) is 3.95. The molecule has 18 heavy (non-hydrogen) atoms. The van der Waals surface area contributed by atoms with E-state index in [1.54, 1.807) is 0 Å². The van der Waals surface area contributed by atoms with Crippen LogP contribution in [0.1, 0.15) is 45.4 Å². The van der Waals surface area contributed by atoms with Crippen LogP contribution in [0.4, 0.5) is 0 Å². The molecule has 2 aliphatic heterocycles. The summed E-state index contributed by atoms with van der Waals surface area (Å²) in [5.74, 6) is 0.245. The maximum atomic E-state index is 12.0. The zero-order valence-corrected chi connectivity index (χ0v) is 11.4. The minimum atomic E-state index is 0.245. The summed E-state index contributed by atoms with van der Waals surface area (Å²) < 4.78 is 11.0. The lowest BCUT2D eigenvalue weighted by molar-refractivity contribution is -0.135. The normalized spacial score (nSPS) is 28.6. The highest BCUT2D eigenvalue weighted by molar-refractivity contribution is 5.76. The summed E-state index contributed by atoms with van der Waals surface area (Å²) in [4.78, 5) is 14.0. The number of ether oxygens (including phenoxy) is 2. The van der Waals surface area contributed by atoms with Crippen LogP contribution < -0.4 is 0 Å². The Morgan fingerprint density at radius 1 is 1.33 bits per heavy atom. The van der Waals surface area contributed by atoms with Gasteiger partial charge >= 0.3 is 0 Å². The lowest BCUT2D eigenvalue weighted by atomic mass is 10.0. The molecule has 0 aromatic heterocycles. The van der Waals surface area contributed by atoms with Crippen LogP contribution in [0.15, 0.2) is 0 Å². The molecule has 0 aliphatic carbocycles. The van der Waals surface area contributed by atoms with Gasteiger partial charge in [0, 0.05) is 19.2 Å². The Hall–Kier alpha value is -0.610. The van der Waals surface area contributed by atoms with Crippen LogP contribution in [0, 0.1) is 0 Å². The van der Waals surface area contributed by atoms with Crippen molar-refractivity contribution in [3.8, 4) is 0 Å². The van der Waals surface area contributed by atoms with Crippen molar-refractivity contribution in [2.75, 3.05) is 26.4 Å². The van der Waals surface area contributed by atoms with E-state index in [9.17, 15) is 4.79 Å². The zero-order valence-electron chi connectivity index (χ0n) is 11.4. The molecule has 4 heteroatoms. The van der Waals surface area contributed by atoms with Crippen molar-refractivity contribution in [3.63, 3.8) is 0 Å². The number of rotatable bonds is 5. The fourth-order valence-corrected chi connectivity index (χ4v) is 2.76. The van der Waals surface area contributed by atoms with Gasteiger partial charge in [-0.05, 0) is 39.0 Å². The van der Waals surface area contributed by atoms with Crippen LogP contribution in [0.2, 0.25) is 0 Å². The number of hydrogen-bond acceptors (Lipinski definition) is 3. The largest absolute Gasteiger partial charge is 0.378 e. The third-order valence-corrected chi connectivity index (χ3v) is 3.91. The molecule has 0 radical (unpaired) electrons. The second-order valence-corrected chi connectivity index (χ2v) is 5.39. The molecule has 0 saturated carbocycles. The van der Waals surface area contributed by atoms with Gasteiger partial charge in [0.15, 0.2) is 0 Å². The highest BCUT2D eigenvalue weighted by atomic mass is 16.5. The maximum absolute atomic E-state index is 12.0. The van der Waals surface area contributed by atoms with Gasteiger partial charge in [0.05, 0.1) is 25.7 Å². The molecule has 4 nitrogen and oxygen atoms in total. The summed E-state index contributed by atoms with van der Waals surface area (Å²) in [5.41, 5.74) is 0. The maximum Gasteiger partial charge on any atom is 0.225 e. The lowest BCUT2D eigenvalue weighted by Gasteiger charge is -2.33. The average molecular weight is 255 g/mol. The third-order valence-electron chi connectivity index (χ3n) is 3.91. The molecular weight excluding hydrogens is 230 g/mol. The van der Waals surface area contributed by atoms with Gasteiger partial charge in [-0.15, -0.1) is 0 Å². The predicted molar refractivity (Wildman–Crippen MR) is 69.4 cm³/mol. The minimum Gasteiger partial charge on any atom is -0.378 e. The summed E-state index contributed by atoms with van der Waals surface area (Å²) in [6.07, 6.45) is 6.54. The fraction of sp³-hybridized carbons (Fsp3) is 0.929. The number of carbonyl (C=O) groups excluding carboxylic acids is 1. The summed E-state index contributed by atoms with van der Waals surface area (Å²) in [5, 5.41) is 0. The van der Waals surface area contributed by atoms with Crippen molar-refractivity contribution >= 4 is 5.91 Å².